The van der Waals surface area contributed by atoms with Crippen LogP contribution in [0.5, 0.6) is 0 Å². The predicted octanol–water partition coefficient (Wildman–Crippen LogP) is 5.16. The fourth-order valence-corrected chi connectivity index (χ4v) is 5.32. The fraction of sp³-hybridized carbons (Fsp3) is 0.214. The van der Waals surface area contributed by atoms with Crippen LogP contribution in [0.1, 0.15) is 34.1 Å². The lowest BCUT2D eigenvalue weighted by atomic mass is 9.58. The van der Waals surface area contributed by atoms with Gasteiger partial charge in [-0.25, -0.2) is 4.99 Å². The SMILES string of the molecule is Cc1ccc([C@@H]2[C@@H](C#N)C(C#N)=C3N=C4C=CC=CN4[C@]3(C#N)[C@H]2c2ccc(C)cc2)cc1. The van der Waals surface area contributed by atoms with Crippen LogP contribution >= 0.6 is 0 Å². The van der Waals surface area contributed by atoms with Gasteiger partial charge in [0.25, 0.3) is 0 Å². The lowest BCUT2D eigenvalue weighted by Gasteiger charge is -2.47. The monoisotopic (exact) mass is 427 g/mol. The minimum absolute atomic E-state index is 0.275. The maximum atomic E-state index is 10.8. The van der Waals surface area contributed by atoms with Crippen molar-refractivity contribution in [3.63, 3.8) is 0 Å². The number of nitrogens with zero attached hydrogens (tertiary/aromatic N) is 5. The fourth-order valence-electron chi connectivity index (χ4n) is 5.32. The van der Waals surface area contributed by atoms with Crippen molar-refractivity contribution >= 4 is 5.84 Å². The summed E-state index contributed by atoms with van der Waals surface area (Å²) < 4.78 is 0. The van der Waals surface area contributed by atoms with E-state index in [9.17, 15) is 15.8 Å². The van der Waals surface area contributed by atoms with Gasteiger partial charge in [-0.2, -0.15) is 15.8 Å². The lowest BCUT2D eigenvalue weighted by Crippen LogP contribution is -2.54. The molecule has 0 N–H and O–H groups in total. The van der Waals surface area contributed by atoms with E-state index < -0.39 is 23.3 Å². The first-order valence-electron chi connectivity index (χ1n) is 10.9. The average Bonchev–Trinajstić information content (AvgIpc) is 3.19. The Bertz CT molecular complexity index is 1370. The van der Waals surface area contributed by atoms with Crippen LogP contribution < -0.4 is 0 Å². The number of aryl methyl sites for hydroxylation is 2. The Morgan fingerprint density at radius 3 is 2.09 bits per heavy atom. The van der Waals surface area contributed by atoms with Crippen LogP contribution in [-0.4, -0.2) is 16.3 Å². The summed E-state index contributed by atoms with van der Waals surface area (Å²) in [5, 5.41) is 31.3. The van der Waals surface area contributed by atoms with Gasteiger partial charge in [0.15, 0.2) is 5.54 Å². The minimum Gasteiger partial charge on any atom is -0.308 e. The number of amidine groups is 1. The zero-order valence-electron chi connectivity index (χ0n) is 18.4. The lowest BCUT2D eigenvalue weighted by molar-refractivity contribution is 0.248. The minimum atomic E-state index is -1.24. The van der Waals surface area contributed by atoms with E-state index in [1.54, 1.807) is 0 Å². The van der Waals surface area contributed by atoms with Gasteiger partial charge in [0, 0.05) is 18.0 Å². The normalized spacial score (nSPS) is 27.2. The van der Waals surface area contributed by atoms with Crippen molar-refractivity contribution in [2.45, 2.75) is 31.2 Å². The topological polar surface area (TPSA) is 87.0 Å². The molecule has 158 valence electrons. The summed E-state index contributed by atoms with van der Waals surface area (Å²) in [6.45, 7) is 4.04. The Hall–Kier alpha value is -4.40. The predicted molar refractivity (Wildman–Crippen MR) is 125 cm³/mol. The van der Waals surface area contributed by atoms with Crippen molar-refractivity contribution in [3.05, 3.63) is 106 Å². The first-order chi connectivity index (χ1) is 16.0. The summed E-state index contributed by atoms with van der Waals surface area (Å²) in [5.41, 5.74) is 3.53. The number of benzene rings is 2. The molecule has 0 radical (unpaired) electrons. The quantitative estimate of drug-likeness (QED) is 0.662. The van der Waals surface area contributed by atoms with E-state index in [0.717, 1.165) is 22.3 Å². The molecule has 1 aliphatic carbocycles. The molecule has 5 heteroatoms. The Morgan fingerprint density at radius 2 is 1.52 bits per heavy atom. The van der Waals surface area contributed by atoms with E-state index in [-0.39, 0.29) is 5.57 Å². The summed E-state index contributed by atoms with van der Waals surface area (Å²) in [4.78, 5) is 6.62. The van der Waals surface area contributed by atoms with Crippen LogP contribution in [0.3, 0.4) is 0 Å². The van der Waals surface area contributed by atoms with Gasteiger partial charge in [-0.05, 0) is 37.1 Å². The van der Waals surface area contributed by atoms with Crippen molar-refractivity contribution in [2.75, 3.05) is 0 Å². The average molecular weight is 428 g/mol. The second kappa shape index (κ2) is 7.63. The molecule has 5 rings (SSSR count). The molecule has 2 heterocycles. The number of nitriles is 3. The van der Waals surface area contributed by atoms with Crippen molar-refractivity contribution in [3.8, 4) is 18.2 Å². The van der Waals surface area contributed by atoms with Crippen molar-refractivity contribution in [2.24, 2.45) is 10.9 Å². The molecule has 5 nitrogen and oxygen atoms in total. The first-order valence-corrected chi connectivity index (χ1v) is 10.9. The standard InChI is InChI=1S/C28H21N5/c1-18-6-10-20(11-7-18)25-22(15-29)23(16-30)27-28(17-31,33-14-4-3-5-24(33)32-27)26(25)21-12-8-19(2)9-13-21/h3-14,22,25-26H,1-2H3/t22-,25+,26-,28+/m0/s1. The summed E-state index contributed by atoms with van der Waals surface area (Å²) in [6.07, 6.45) is 7.43. The van der Waals surface area contributed by atoms with E-state index in [0.29, 0.717) is 11.5 Å². The molecule has 0 saturated heterocycles. The van der Waals surface area contributed by atoms with Crippen LogP contribution in [0.15, 0.2) is 89.2 Å². The van der Waals surface area contributed by atoms with Gasteiger partial charge >= 0.3 is 0 Å². The number of rotatable bonds is 2. The van der Waals surface area contributed by atoms with Crippen molar-refractivity contribution in [1.82, 2.24) is 4.90 Å². The first kappa shape index (κ1) is 20.5. The number of hydrogen-bond donors (Lipinski definition) is 0. The maximum absolute atomic E-state index is 10.8. The van der Waals surface area contributed by atoms with Crippen LogP contribution in [0, 0.1) is 53.8 Å². The van der Waals surface area contributed by atoms with Gasteiger partial charge in [0.2, 0.25) is 0 Å². The zero-order valence-corrected chi connectivity index (χ0v) is 18.4. The van der Waals surface area contributed by atoms with E-state index in [2.05, 4.69) is 18.2 Å². The molecule has 4 atom stereocenters. The van der Waals surface area contributed by atoms with E-state index in [1.165, 1.54) is 0 Å². The summed E-state index contributed by atoms with van der Waals surface area (Å²) in [5.74, 6) is -0.926. The highest BCUT2D eigenvalue weighted by Crippen LogP contribution is 2.59. The number of allylic oxidation sites excluding steroid dienone is 3. The molecular weight excluding hydrogens is 406 g/mol. The largest absolute Gasteiger partial charge is 0.308 e. The Balaban J connectivity index is 1.87. The van der Waals surface area contributed by atoms with Crippen molar-refractivity contribution in [1.29, 1.82) is 15.8 Å². The summed E-state index contributed by atoms with van der Waals surface area (Å²) in [6, 6.07) is 23.4. The molecule has 0 fully saturated rings. The number of hydrogen-bond acceptors (Lipinski definition) is 5. The molecule has 33 heavy (non-hydrogen) atoms. The van der Waals surface area contributed by atoms with Gasteiger partial charge in [-0.15, -0.1) is 0 Å². The molecule has 2 aliphatic heterocycles. The second-order valence-corrected chi connectivity index (χ2v) is 8.72. The van der Waals surface area contributed by atoms with Crippen LogP contribution in [0.2, 0.25) is 0 Å². The third-order valence-corrected chi connectivity index (χ3v) is 6.87. The van der Waals surface area contributed by atoms with E-state index in [1.807, 2.05) is 91.7 Å². The third kappa shape index (κ3) is 2.85. The molecule has 2 aromatic rings. The van der Waals surface area contributed by atoms with Gasteiger partial charge in [-0.1, -0.05) is 65.7 Å². The molecule has 0 amide bonds. The smallest absolute Gasteiger partial charge is 0.183 e. The maximum Gasteiger partial charge on any atom is 0.183 e. The van der Waals surface area contributed by atoms with Gasteiger partial charge in [0.05, 0.1) is 35.4 Å². The Morgan fingerprint density at radius 1 is 0.879 bits per heavy atom. The Kier molecular flexibility index (Phi) is 4.74. The van der Waals surface area contributed by atoms with Gasteiger partial charge < -0.3 is 4.90 Å². The summed E-state index contributed by atoms with van der Waals surface area (Å²) in [7, 11) is 0. The molecule has 0 unspecified atom stereocenters. The second-order valence-electron chi connectivity index (χ2n) is 8.72. The highest BCUT2D eigenvalue weighted by Gasteiger charge is 2.62. The highest BCUT2D eigenvalue weighted by molar-refractivity contribution is 6.00. The molecule has 0 spiro atoms. The van der Waals surface area contributed by atoms with Gasteiger partial charge in [0.1, 0.15) is 5.84 Å². The molecule has 0 aromatic heterocycles. The van der Waals surface area contributed by atoms with Crippen LogP contribution in [0.25, 0.3) is 0 Å². The van der Waals surface area contributed by atoms with E-state index >= 15 is 0 Å². The van der Waals surface area contributed by atoms with Crippen LogP contribution in [0.4, 0.5) is 0 Å². The molecular formula is C28H21N5. The molecule has 0 bridgehead atoms. The number of aliphatic imine (C=N–C) groups is 1. The number of fused-ring (bicyclic) bond motifs is 3. The molecule has 3 aliphatic rings. The third-order valence-electron chi connectivity index (χ3n) is 6.87. The van der Waals surface area contributed by atoms with Crippen LogP contribution in [-0.2, 0) is 0 Å². The highest BCUT2D eigenvalue weighted by atomic mass is 15.3. The zero-order chi connectivity index (χ0) is 23.2. The molecule has 2 aromatic carbocycles. The van der Waals surface area contributed by atoms with Gasteiger partial charge in [-0.3, -0.25) is 0 Å². The summed E-state index contributed by atoms with van der Waals surface area (Å²) >= 11 is 0. The van der Waals surface area contributed by atoms with E-state index in [4.69, 9.17) is 4.99 Å². The Labute approximate surface area is 193 Å². The molecule has 0 saturated carbocycles. The van der Waals surface area contributed by atoms with Crippen molar-refractivity contribution < 1.29 is 0 Å².